The molecule has 0 spiro atoms. The molecule has 24 heavy (non-hydrogen) atoms. The zero-order chi connectivity index (χ0) is 16.3. The van der Waals surface area contributed by atoms with Crippen molar-refractivity contribution in [3.63, 3.8) is 0 Å². The number of ether oxygens (including phenoxy) is 1. The molecule has 1 fully saturated rings. The Labute approximate surface area is 141 Å². The molecule has 4 heteroatoms. The first-order valence-electron chi connectivity index (χ1n) is 8.86. The Bertz CT molecular complexity index is 888. The lowest BCUT2D eigenvalue weighted by Crippen LogP contribution is -2.50. The average molecular weight is 319 g/mol. The molecule has 0 saturated carbocycles. The van der Waals surface area contributed by atoms with Crippen LogP contribution in [0.1, 0.15) is 37.1 Å². The van der Waals surface area contributed by atoms with Crippen LogP contribution in [0.2, 0.25) is 0 Å². The van der Waals surface area contributed by atoms with Crippen molar-refractivity contribution in [3.8, 4) is 6.07 Å². The predicted molar refractivity (Wildman–Crippen MR) is 92.2 cm³/mol. The number of hydrogen-bond acceptors (Lipinski definition) is 3. The van der Waals surface area contributed by atoms with Crippen LogP contribution >= 0.6 is 0 Å². The van der Waals surface area contributed by atoms with E-state index in [0.29, 0.717) is 12.0 Å². The Morgan fingerprint density at radius 2 is 2.21 bits per heavy atom. The second kappa shape index (κ2) is 5.12. The summed E-state index contributed by atoms with van der Waals surface area (Å²) in [7, 11) is 0. The second-order valence-electron chi connectivity index (χ2n) is 7.18. The quantitative estimate of drug-likeness (QED) is 0.806. The molecule has 1 aromatic heterocycles. The second-order valence-corrected chi connectivity index (χ2v) is 7.18. The zero-order valence-electron chi connectivity index (χ0n) is 13.9. The van der Waals surface area contributed by atoms with Crippen LogP contribution in [0, 0.1) is 17.2 Å². The van der Waals surface area contributed by atoms with Crippen LogP contribution in [-0.4, -0.2) is 29.1 Å². The highest BCUT2D eigenvalue weighted by Gasteiger charge is 2.45. The summed E-state index contributed by atoms with van der Waals surface area (Å²) in [4.78, 5) is 6.06. The van der Waals surface area contributed by atoms with Crippen LogP contribution in [-0.2, 0) is 11.2 Å². The molecule has 0 radical (unpaired) electrons. The van der Waals surface area contributed by atoms with Crippen molar-refractivity contribution < 1.29 is 4.74 Å². The number of aromatic amines is 1. The molecule has 4 nitrogen and oxygen atoms in total. The van der Waals surface area contributed by atoms with E-state index in [1.807, 2.05) is 6.92 Å². The molecule has 2 aromatic rings. The number of nitrogens with zero attached hydrogens (tertiary/aromatic N) is 2. The van der Waals surface area contributed by atoms with E-state index >= 15 is 0 Å². The molecule has 1 N–H and O–H groups in total. The normalized spacial score (nSPS) is 29.4. The molecule has 4 heterocycles. The van der Waals surface area contributed by atoms with E-state index in [0.717, 1.165) is 38.2 Å². The fraction of sp³-hybridized carbons (Fsp3) is 0.450. The number of nitrogens with one attached hydrogen (secondary N) is 1. The maximum absolute atomic E-state index is 9.88. The lowest BCUT2D eigenvalue weighted by atomic mass is 9.75. The fourth-order valence-corrected chi connectivity index (χ4v) is 5.03. The highest BCUT2D eigenvalue weighted by molar-refractivity contribution is 5.85. The van der Waals surface area contributed by atoms with Gasteiger partial charge in [0.1, 0.15) is 6.04 Å². The van der Waals surface area contributed by atoms with Crippen LogP contribution in [0.5, 0.6) is 0 Å². The highest BCUT2D eigenvalue weighted by Crippen LogP contribution is 2.48. The summed E-state index contributed by atoms with van der Waals surface area (Å²) in [6.07, 6.45) is 3.13. The van der Waals surface area contributed by atoms with Gasteiger partial charge in [0, 0.05) is 28.7 Å². The summed E-state index contributed by atoms with van der Waals surface area (Å²) < 4.78 is 5.77. The monoisotopic (exact) mass is 319 g/mol. The Hall–Kier alpha value is -2.25. The minimum Gasteiger partial charge on any atom is -0.498 e. The number of para-hydroxylation sites is 1. The smallest absolute Gasteiger partial charge is 0.124 e. The first-order chi connectivity index (χ1) is 11.8. The Morgan fingerprint density at radius 1 is 1.33 bits per heavy atom. The van der Waals surface area contributed by atoms with Gasteiger partial charge in [0.2, 0.25) is 0 Å². The average Bonchev–Trinajstić information content (AvgIpc) is 2.99. The van der Waals surface area contributed by atoms with E-state index in [1.54, 1.807) is 0 Å². The SMILES string of the molecule is CC1=C2[C@@H](CCO1)C[C@H]1c3[nH]c4ccccc4c3CCN1[C@@H]2C#N. The lowest BCUT2D eigenvalue weighted by Gasteiger charge is -2.48. The van der Waals surface area contributed by atoms with Gasteiger partial charge in [-0.1, -0.05) is 18.2 Å². The Morgan fingerprint density at radius 3 is 3.08 bits per heavy atom. The third-order valence-corrected chi connectivity index (χ3v) is 6.09. The van der Waals surface area contributed by atoms with Crippen molar-refractivity contribution in [1.82, 2.24) is 9.88 Å². The van der Waals surface area contributed by atoms with Gasteiger partial charge >= 0.3 is 0 Å². The molecule has 1 aromatic carbocycles. The van der Waals surface area contributed by atoms with E-state index in [9.17, 15) is 5.26 Å². The number of fused-ring (bicyclic) bond motifs is 6. The molecule has 0 unspecified atom stereocenters. The maximum atomic E-state index is 9.88. The van der Waals surface area contributed by atoms with Crippen LogP contribution in [0.3, 0.4) is 0 Å². The Balaban J connectivity index is 1.65. The third-order valence-electron chi connectivity index (χ3n) is 6.09. The number of rotatable bonds is 0. The number of allylic oxidation sites excluding steroid dienone is 1. The van der Waals surface area contributed by atoms with Gasteiger partial charge in [-0.25, -0.2) is 0 Å². The van der Waals surface area contributed by atoms with Crippen LogP contribution < -0.4 is 0 Å². The summed E-state index contributed by atoms with van der Waals surface area (Å²) in [6, 6.07) is 11.3. The summed E-state index contributed by atoms with van der Waals surface area (Å²) in [5.41, 5.74) is 5.26. The van der Waals surface area contributed by atoms with E-state index in [4.69, 9.17) is 4.74 Å². The molecule has 122 valence electrons. The number of aromatic nitrogens is 1. The van der Waals surface area contributed by atoms with Gasteiger partial charge in [-0.05, 0) is 43.7 Å². The van der Waals surface area contributed by atoms with Crippen molar-refractivity contribution in [3.05, 3.63) is 46.9 Å². The van der Waals surface area contributed by atoms with E-state index in [-0.39, 0.29) is 6.04 Å². The number of piperidine rings is 1. The van der Waals surface area contributed by atoms with Crippen molar-refractivity contribution in [2.75, 3.05) is 13.2 Å². The number of H-pyrrole nitrogens is 1. The van der Waals surface area contributed by atoms with Crippen LogP contribution in [0.4, 0.5) is 0 Å². The molecular weight excluding hydrogens is 298 g/mol. The van der Waals surface area contributed by atoms with Crippen LogP contribution in [0.15, 0.2) is 35.6 Å². The highest BCUT2D eigenvalue weighted by atomic mass is 16.5. The lowest BCUT2D eigenvalue weighted by molar-refractivity contribution is 0.0678. The van der Waals surface area contributed by atoms with Gasteiger partial charge < -0.3 is 9.72 Å². The van der Waals surface area contributed by atoms with Gasteiger partial charge in [0.25, 0.3) is 0 Å². The van der Waals surface area contributed by atoms with E-state index in [1.165, 1.54) is 27.7 Å². The standard InChI is InChI=1S/C20H21N3O/c1-12-19-13(7-9-24-12)10-17-20-15(6-8-23(17)18(19)11-21)14-4-2-3-5-16(14)22-20/h2-5,13,17-18,22H,6-10H2,1H3/t13-,17-,18+/m0/s1. The van der Waals surface area contributed by atoms with Crippen molar-refractivity contribution in [2.24, 2.45) is 5.92 Å². The van der Waals surface area contributed by atoms with Crippen LogP contribution in [0.25, 0.3) is 10.9 Å². The zero-order valence-corrected chi connectivity index (χ0v) is 13.9. The minimum absolute atomic E-state index is 0.145. The van der Waals surface area contributed by atoms with Gasteiger partial charge in [0.05, 0.1) is 24.5 Å². The number of benzene rings is 1. The third kappa shape index (κ3) is 1.82. The summed E-state index contributed by atoms with van der Waals surface area (Å²) in [5, 5.41) is 11.2. The first-order valence-corrected chi connectivity index (χ1v) is 8.86. The van der Waals surface area contributed by atoms with Gasteiger partial charge in [-0.3, -0.25) is 4.90 Å². The molecule has 5 rings (SSSR count). The molecule has 0 aliphatic carbocycles. The predicted octanol–water partition coefficient (Wildman–Crippen LogP) is 3.67. The molecule has 0 amide bonds. The summed E-state index contributed by atoms with van der Waals surface area (Å²) in [5.74, 6) is 1.46. The number of hydrogen-bond donors (Lipinski definition) is 1. The molecular formula is C20H21N3O. The van der Waals surface area contributed by atoms with Crippen molar-refractivity contribution in [1.29, 1.82) is 5.26 Å². The van der Waals surface area contributed by atoms with E-state index in [2.05, 4.69) is 40.2 Å². The maximum Gasteiger partial charge on any atom is 0.124 e. The molecule has 0 bridgehead atoms. The topological polar surface area (TPSA) is 52.0 Å². The van der Waals surface area contributed by atoms with Crippen molar-refractivity contribution >= 4 is 10.9 Å². The molecule has 1 saturated heterocycles. The van der Waals surface area contributed by atoms with Gasteiger partial charge in [-0.15, -0.1) is 0 Å². The summed E-state index contributed by atoms with van der Waals surface area (Å²) in [6.45, 7) is 3.76. The fourth-order valence-electron chi connectivity index (χ4n) is 5.03. The molecule has 3 atom stereocenters. The molecule has 3 aliphatic heterocycles. The molecule has 3 aliphatic rings. The first kappa shape index (κ1) is 14.1. The van der Waals surface area contributed by atoms with Gasteiger partial charge in [-0.2, -0.15) is 5.26 Å². The minimum atomic E-state index is -0.145. The number of nitriles is 1. The Kier molecular flexibility index (Phi) is 3.01. The summed E-state index contributed by atoms with van der Waals surface area (Å²) >= 11 is 0. The largest absolute Gasteiger partial charge is 0.498 e. The van der Waals surface area contributed by atoms with Gasteiger partial charge in [0.15, 0.2) is 0 Å². The van der Waals surface area contributed by atoms with E-state index < -0.39 is 0 Å². The van der Waals surface area contributed by atoms with Crippen molar-refractivity contribution in [2.45, 2.75) is 38.3 Å².